The van der Waals surface area contributed by atoms with Crippen LogP contribution in [0.3, 0.4) is 0 Å². The van der Waals surface area contributed by atoms with Crippen LogP contribution in [0.2, 0.25) is 0 Å². The average Bonchev–Trinajstić information content (AvgIpc) is 3.37. The van der Waals surface area contributed by atoms with E-state index in [0.29, 0.717) is 35.0 Å². The zero-order chi connectivity index (χ0) is 28.8. The number of hydrogen-bond donors (Lipinski definition) is 5. The van der Waals surface area contributed by atoms with Crippen molar-refractivity contribution < 1.29 is 15.0 Å². The zero-order valence-corrected chi connectivity index (χ0v) is 25.1. The summed E-state index contributed by atoms with van der Waals surface area (Å²) in [5.74, 6) is 0.460. The molecule has 0 bridgehead atoms. The molecule has 3 heterocycles. The number of carbonyl (C=O) groups is 1. The van der Waals surface area contributed by atoms with Gasteiger partial charge in [-0.1, -0.05) is 0 Å². The van der Waals surface area contributed by atoms with Gasteiger partial charge >= 0.3 is 5.97 Å². The highest BCUT2D eigenvalue weighted by Gasteiger charge is 2.41. The van der Waals surface area contributed by atoms with Crippen molar-refractivity contribution in [3.05, 3.63) is 34.7 Å². The molecule has 1 aliphatic heterocycles. The van der Waals surface area contributed by atoms with Crippen LogP contribution < -0.4 is 21.5 Å². The lowest BCUT2D eigenvalue weighted by Gasteiger charge is -2.50. The van der Waals surface area contributed by atoms with Crippen molar-refractivity contribution in [2.24, 2.45) is 0 Å². The van der Waals surface area contributed by atoms with E-state index in [1.807, 2.05) is 29.5 Å². The monoisotopic (exact) mass is 583 g/mol. The summed E-state index contributed by atoms with van der Waals surface area (Å²) in [5, 5.41) is 36.0. The summed E-state index contributed by atoms with van der Waals surface area (Å²) in [6, 6.07) is 6.55. The Labute approximate surface area is 242 Å². The van der Waals surface area contributed by atoms with E-state index in [1.54, 1.807) is 17.8 Å². The second kappa shape index (κ2) is 10.8. The molecule has 1 saturated heterocycles. The summed E-state index contributed by atoms with van der Waals surface area (Å²) < 4.78 is 0. The maximum absolute atomic E-state index is 12.2. The van der Waals surface area contributed by atoms with Crippen LogP contribution in [0.25, 0.3) is 22.5 Å². The third-order valence-electron chi connectivity index (χ3n) is 7.45. The SMILES string of the molecule is CSCC[C@H](NN(c1ccc(-c2cc3c(cc2O)-c2nc(N)sc2C3)nn1)C1CC(C)(C)NC(C)(C)C1)C(=O)O. The summed E-state index contributed by atoms with van der Waals surface area (Å²) in [6.45, 7) is 8.65. The van der Waals surface area contributed by atoms with E-state index in [2.05, 4.69) is 53.6 Å². The van der Waals surface area contributed by atoms with Crippen LogP contribution >= 0.6 is 23.1 Å². The molecule has 1 atom stereocenters. The second-order valence-corrected chi connectivity index (χ2v) is 14.0. The van der Waals surface area contributed by atoms with Crippen molar-refractivity contribution in [2.75, 3.05) is 22.8 Å². The van der Waals surface area contributed by atoms with Crippen LogP contribution in [0, 0.1) is 0 Å². The molecule has 0 saturated carbocycles. The number of thiazole rings is 1. The predicted octanol–water partition coefficient (Wildman–Crippen LogP) is 4.29. The molecule has 10 nitrogen and oxygen atoms in total. The van der Waals surface area contributed by atoms with Crippen LogP contribution in [0.15, 0.2) is 24.3 Å². The topological polar surface area (TPSA) is 150 Å². The maximum Gasteiger partial charge on any atom is 0.322 e. The number of fused-ring (bicyclic) bond motifs is 3. The number of phenolic OH excluding ortho intramolecular Hbond substituents is 1. The molecule has 2 aromatic heterocycles. The molecular formula is C28H37N7O3S2. The van der Waals surface area contributed by atoms with Gasteiger partial charge in [-0.25, -0.2) is 10.4 Å². The standard InChI is InChI=1S/C28H37N7O3S2/c1-27(2)13-16(14-28(3,4)34-27)35(33-20(25(37)38)8-9-39-5)23-7-6-19(31-32-23)18-10-15-11-22-24(30-26(29)40-22)17(15)12-21(18)36/h6-7,10,12,16,20,33-34,36H,8-9,11,13-14H2,1-5H3,(H2,29,30)(H,37,38)/t20-/m0/s1. The van der Waals surface area contributed by atoms with Gasteiger partial charge in [0, 0.05) is 33.5 Å². The highest BCUT2D eigenvalue weighted by atomic mass is 32.2. The molecule has 1 aliphatic carbocycles. The Bertz CT molecular complexity index is 1390. The van der Waals surface area contributed by atoms with E-state index in [0.717, 1.165) is 40.3 Å². The fraction of sp³-hybridized carbons (Fsp3) is 0.500. The highest BCUT2D eigenvalue weighted by Crippen LogP contribution is 2.44. The Morgan fingerprint density at radius 2 is 1.95 bits per heavy atom. The normalized spacial score (nSPS) is 18.2. The Kier molecular flexibility index (Phi) is 7.73. The third-order valence-corrected chi connectivity index (χ3v) is 8.98. The number of phenols is 1. The van der Waals surface area contributed by atoms with Crippen molar-refractivity contribution in [2.45, 2.75) is 76.5 Å². The minimum Gasteiger partial charge on any atom is -0.507 e. The molecule has 1 fully saturated rings. The number of nitrogen functional groups attached to an aromatic ring is 1. The number of aromatic nitrogens is 3. The zero-order valence-electron chi connectivity index (χ0n) is 23.5. The number of aliphatic carboxylic acids is 1. The van der Waals surface area contributed by atoms with Crippen molar-refractivity contribution in [3.8, 4) is 28.3 Å². The van der Waals surface area contributed by atoms with Gasteiger partial charge in [-0.2, -0.15) is 11.8 Å². The van der Waals surface area contributed by atoms with Crippen LogP contribution in [0.4, 0.5) is 10.9 Å². The van der Waals surface area contributed by atoms with Gasteiger partial charge in [-0.05, 0) is 88.8 Å². The number of benzene rings is 1. The number of carboxylic acid groups (broad SMARTS) is 1. The Hall–Kier alpha value is -2.93. The lowest BCUT2D eigenvalue weighted by Crippen LogP contribution is -2.65. The summed E-state index contributed by atoms with van der Waals surface area (Å²) in [5.41, 5.74) is 12.8. The van der Waals surface area contributed by atoms with Crippen molar-refractivity contribution in [3.63, 3.8) is 0 Å². The van der Waals surface area contributed by atoms with E-state index in [1.165, 1.54) is 11.3 Å². The molecule has 2 aliphatic rings. The molecule has 3 aromatic rings. The van der Waals surface area contributed by atoms with Crippen LogP contribution in [0.1, 0.15) is 57.4 Å². The van der Waals surface area contributed by atoms with Gasteiger partial charge in [0.1, 0.15) is 11.8 Å². The fourth-order valence-electron chi connectivity index (χ4n) is 6.13. The first-order valence-electron chi connectivity index (χ1n) is 13.4. The molecule has 0 unspecified atom stereocenters. The van der Waals surface area contributed by atoms with Gasteiger partial charge in [0.2, 0.25) is 0 Å². The molecular weight excluding hydrogens is 546 g/mol. The number of nitrogens with zero attached hydrogens (tertiary/aromatic N) is 4. The first kappa shape index (κ1) is 28.6. The van der Waals surface area contributed by atoms with Gasteiger partial charge in [-0.15, -0.1) is 21.5 Å². The van der Waals surface area contributed by atoms with E-state index in [-0.39, 0.29) is 22.9 Å². The Balaban J connectivity index is 1.46. The number of carboxylic acids is 1. The van der Waals surface area contributed by atoms with Crippen LogP contribution in [-0.4, -0.2) is 66.5 Å². The minimum atomic E-state index is -0.899. The molecule has 5 rings (SSSR count). The number of thioether (sulfide) groups is 1. The van der Waals surface area contributed by atoms with Crippen molar-refractivity contribution in [1.29, 1.82) is 0 Å². The summed E-state index contributed by atoms with van der Waals surface area (Å²) in [7, 11) is 0. The fourth-order valence-corrected chi connectivity index (χ4v) is 7.47. The van der Waals surface area contributed by atoms with Gasteiger partial charge in [-0.3, -0.25) is 9.80 Å². The number of anilines is 2. The van der Waals surface area contributed by atoms with Crippen LogP contribution in [0.5, 0.6) is 5.75 Å². The van der Waals surface area contributed by atoms with Gasteiger partial charge in [0.05, 0.1) is 17.4 Å². The number of hydrazine groups is 1. The summed E-state index contributed by atoms with van der Waals surface area (Å²) in [6.07, 6.45) is 4.74. The maximum atomic E-state index is 12.2. The second-order valence-electron chi connectivity index (χ2n) is 11.9. The quantitative estimate of drug-likeness (QED) is 0.180. The lowest BCUT2D eigenvalue weighted by atomic mass is 9.79. The molecule has 6 N–H and O–H groups in total. The smallest absolute Gasteiger partial charge is 0.322 e. The van der Waals surface area contributed by atoms with Crippen molar-refractivity contribution >= 4 is 40.0 Å². The number of piperidine rings is 1. The number of nitrogens with two attached hydrogens (primary N) is 1. The highest BCUT2D eigenvalue weighted by molar-refractivity contribution is 7.98. The van der Waals surface area contributed by atoms with Gasteiger partial charge < -0.3 is 21.3 Å². The first-order chi connectivity index (χ1) is 18.9. The van der Waals surface area contributed by atoms with E-state index < -0.39 is 12.0 Å². The molecule has 0 radical (unpaired) electrons. The van der Waals surface area contributed by atoms with E-state index in [9.17, 15) is 15.0 Å². The molecule has 0 amide bonds. The predicted molar refractivity (Wildman–Crippen MR) is 162 cm³/mol. The number of rotatable bonds is 9. The van der Waals surface area contributed by atoms with E-state index >= 15 is 0 Å². The van der Waals surface area contributed by atoms with E-state index in [4.69, 9.17) is 5.73 Å². The summed E-state index contributed by atoms with van der Waals surface area (Å²) in [4.78, 5) is 17.7. The van der Waals surface area contributed by atoms with Gasteiger partial charge in [0.25, 0.3) is 0 Å². The largest absolute Gasteiger partial charge is 0.507 e. The molecule has 0 spiro atoms. The molecule has 1 aromatic carbocycles. The Morgan fingerprint density at radius 3 is 2.58 bits per heavy atom. The first-order valence-corrected chi connectivity index (χ1v) is 15.6. The summed E-state index contributed by atoms with van der Waals surface area (Å²) >= 11 is 3.09. The number of aromatic hydroxyl groups is 1. The third kappa shape index (κ3) is 5.90. The van der Waals surface area contributed by atoms with Gasteiger partial charge in [0.15, 0.2) is 10.9 Å². The lowest BCUT2D eigenvalue weighted by molar-refractivity contribution is -0.139. The molecule has 214 valence electrons. The molecule has 40 heavy (non-hydrogen) atoms. The average molecular weight is 584 g/mol. The number of hydrogen-bond acceptors (Lipinski definition) is 11. The molecule has 12 heteroatoms. The van der Waals surface area contributed by atoms with Crippen LogP contribution in [-0.2, 0) is 11.2 Å². The van der Waals surface area contributed by atoms with Crippen molar-refractivity contribution in [1.82, 2.24) is 25.9 Å². The minimum absolute atomic E-state index is 0.0186. The number of nitrogens with one attached hydrogen (secondary N) is 2. The Morgan fingerprint density at radius 1 is 1.23 bits per heavy atom.